The number of carbonyl (C=O) groups is 1. The molecule has 0 fully saturated rings. The van der Waals surface area contributed by atoms with Crippen LogP contribution in [0.2, 0.25) is 0 Å². The lowest BCUT2D eigenvalue weighted by Gasteiger charge is -2.06. The van der Waals surface area contributed by atoms with Gasteiger partial charge in [0.2, 0.25) is 0 Å². The molecule has 0 spiro atoms. The molecule has 0 saturated heterocycles. The van der Waals surface area contributed by atoms with E-state index in [2.05, 4.69) is 4.98 Å². The van der Waals surface area contributed by atoms with Crippen LogP contribution in [0.1, 0.15) is 12.1 Å². The smallest absolute Gasteiger partial charge is 0.362 e. The zero-order chi connectivity index (χ0) is 13.7. The minimum absolute atomic E-state index is 0.387. The number of aryl methyl sites for hydroxylation is 1. The summed E-state index contributed by atoms with van der Waals surface area (Å²) in [5.74, 6) is -0.763. The first-order chi connectivity index (χ1) is 9.20. The second-order valence-electron chi connectivity index (χ2n) is 4.33. The highest BCUT2D eigenvalue weighted by atomic mass is 32.1. The first-order valence-corrected chi connectivity index (χ1v) is 7.10. The maximum atomic E-state index is 10.9. The number of likely N-dealkylation sites (N-methyl/N-ethyl adjacent to an activating group) is 1. The third-order valence-electron chi connectivity index (χ3n) is 3.00. The van der Waals surface area contributed by atoms with Crippen molar-refractivity contribution in [2.45, 2.75) is 18.9 Å². The molecular weight excluding hydrogens is 260 g/mol. The lowest BCUT2D eigenvalue weighted by Crippen LogP contribution is -2.88. The summed E-state index contributed by atoms with van der Waals surface area (Å²) < 4.78 is 0. The van der Waals surface area contributed by atoms with Crippen LogP contribution in [0.3, 0.4) is 0 Å². The van der Waals surface area contributed by atoms with Crippen molar-refractivity contribution in [2.24, 2.45) is 0 Å². The number of aromatic nitrogens is 1. The van der Waals surface area contributed by atoms with Gasteiger partial charge in [-0.25, -0.2) is 9.78 Å². The predicted molar refractivity (Wildman–Crippen MR) is 75.1 cm³/mol. The van der Waals surface area contributed by atoms with Gasteiger partial charge in [-0.1, -0.05) is 30.3 Å². The summed E-state index contributed by atoms with van der Waals surface area (Å²) in [6.45, 7) is 0. The molecule has 2 rings (SSSR count). The fourth-order valence-corrected chi connectivity index (χ4v) is 2.73. The average Bonchev–Trinajstić information content (AvgIpc) is 2.89. The van der Waals surface area contributed by atoms with Gasteiger partial charge >= 0.3 is 5.97 Å². The minimum Gasteiger partial charge on any atom is -0.477 e. The normalized spacial score (nSPS) is 12.3. The van der Waals surface area contributed by atoms with Gasteiger partial charge in [0.25, 0.3) is 0 Å². The van der Waals surface area contributed by atoms with E-state index in [1.165, 1.54) is 0 Å². The standard InChI is InChI=1S/C14H16N2O2S/c1-15-12(14(17)18)8-7-11-9-19-13(16-11)10-5-3-2-4-6-10/h2-6,9,12,15H,7-8H2,1H3,(H,17,18)/p+1/t12-/m0/s1. The van der Waals surface area contributed by atoms with E-state index in [1.54, 1.807) is 23.7 Å². The molecular formula is C14H17N2O2S+. The number of hydrogen-bond donors (Lipinski definition) is 2. The lowest BCUT2D eigenvalue weighted by atomic mass is 10.1. The van der Waals surface area contributed by atoms with Crippen molar-refractivity contribution in [3.63, 3.8) is 0 Å². The van der Waals surface area contributed by atoms with Crippen molar-refractivity contribution in [1.29, 1.82) is 0 Å². The maximum absolute atomic E-state index is 10.9. The molecule has 0 aliphatic rings. The van der Waals surface area contributed by atoms with Gasteiger partial charge in [0.05, 0.1) is 12.7 Å². The first-order valence-electron chi connectivity index (χ1n) is 6.23. The highest BCUT2D eigenvalue weighted by Crippen LogP contribution is 2.23. The molecule has 0 bridgehead atoms. The Kier molecular flexibility index (Phi) is 4.65. The summed E-state index contributed by atoms with van der Waals surface area (Å²) >= 11 is 1.60. The summed E-state index contributed by atoms with van der Waals surface area (Å²) in [4.78, 5) is 15.5. The molecule has 0 unspecified atom stereocenters. The molecule has 1 heterocycles. The Morgan fingerprint density at radius 3 is 2.79 bits per heavy atom. The third-order valence-corrected chi connectivity index (χ3v) is 3.94. The molecule has 100 valence electrons. The number of nitrogens with zero attached hydrogens (tertiary/aromatic N) is 1. The second-order valence-corrected chi connectivity index (χ2v) is 5.18. The quantitative estimate of drug-likeness (QED) is 0.838. The molecule has 1 aromatic carbocycles. The van der Waals surface area contributed by atoms with Gasteiger partial charge in [-0.2, -0.15) is 0 Å². The van der Waals surface area contributed by atoms with Crippen molar-refractivity contribution in [2.75, 3.05) is 7.05 Å². The van der Waals surface area contributed by atoms with E-state index in [4.69, 9.17) is 5.11 Å². The summed E-state index contributed by atoms with van der Waals surface area (Å²) in [6, 6.07) is 9.63. The Morgan fingerprint density at radius 1 is 1.42 bits per heavy atom. The number of quaternary nitrogens is 1. The van der Waals surface area contributed by atoms with E-state index in [0.29, 0.717) is 12.8 Å². The monoisotopic (exact) mass is 277 g/mol. The van der Waals surface area contributed by atoms with Crippen LogP contribution in [0.15, 0.2) is 35.7 Å². The van der Waals surface area contributed by atoms with Gasteiger partial charge in [0.1, 0.15) is 5.01 Å². The zero-order valence-corrected chi connectivity index (χ0v) is 11.6. The zero-order valence-electron chi connectivity index (χ0n) is 10.7. The molecule has 3 N–H and O–H groups in total. The van der Waals surface area contributed by atoms with E-state index in [0.717, 1.165) is 16.3 Å². The van der Waals surface area contributed by atoms with E-state index in [1.807, 2.05) is 35.7 Å². The number of benzene rings is 1. The van der Waals surface area contributed by atoms with Gasteiger partial charge in [-0.15, -0.1) is 11.3 Å². The number of carboxylic acid groups (broad SMARTS) is 1. The number of thiazole rings is 1. The maximum Gasteiger partial charge on any atom is 0.362 e. The summed E-state index contributed by atoms with van der Waals surface area (Å²) in [7, 11) is 1.79. The topological polar surface area (TPSA) is 66.8 Å². The molecule has 1 aromatic heterocycles. The van der Waals surface area contributed by atoms with Crippen molar-refractivity contribution in [3.8, 4) is 10.6 Å². The van der Waals surface area contributed by atoms with Crippen LogP contribution in [0.4, 0.5) is 0 Å². The molecule has 4 nitrogen and oxygen atoms in total. The van der Waals surface area contributed by atoms with E-state index < -0.39 is 5.97 Å². The third kappa shape index (κ3) is 3.62. The molecule has 0 saturated carbocycles. The van der Waals surface area contributed by atoms with Gasteiger partial charge < -0.3 is 10.4 Å². The van der Waals surface area contributed by atoms with Crippen LogP contribution in [-0.4, -0.2) is 29.1 Å². The molecule has 19 heavy (non-hydrogen) atoms. The largest absolute Gasteiger partial charge is 0.477 e. The fourth-order valence-electron chi connectivity index (χ4n) is 1.87. The molecule has 0 aliphatic heterocycles. The SMILES string of the molecule is C[NH2+][C@@H](CCc1csc(-c2ccccc2)n1)C(=O)O. The number of nitrogens with two attached hydrogens (primary N) is 1. The number of carboxylic acids is 1. The Bertz CT molecular complexity index is 539. The Hall–Kier alpha value is -1.72. The molecule has 0 aliphatic carbocycles. The number of rotatable bonds is 6. The van der Waals surface area contributed by atoms with Crippen LogP contribution in [-0.2, 0) is 11.2 Å². The van der Waals surface area contributed by atoms with Crippen molar-refractivity contribution >= 4 is 17.3 Å². The van der Waals surface area contributed by atoms with Gasteiger partial charge in [0.15, 0.2) is 6.04 Å². The summed E-state index contributed by atoms with van der Waals surface area (Å²) in [6.07, 6.45) is 1.30. The summed E-state index contributed by atoms with van der Waals surface area (Å²) in [5.41, 5.74) is 2.08. The van der Waals surface area contributed by atoms with Crippen LogP contribution in [0.25, 0.3) is 10.6 Å². The average molecular weight is 277 g/mol. The van der Waals surface area contributed by atoms with E-state index in [-0.39, 0.29) is 6.04 Å². The van der Waals surface area contributed by atoms with Crippen LogP contribution in [0, 0.1) is 0 Å². The molecule has 2 aromatic rings. The van der Waals surface area contributed by atoms with Gasteiger partial charge in [0, 0.05) is 17.4 Å². The van der Waals surface area contributed by atoms with Crippen molar-refractivity contribution in [1.82, 2.24) is 4.98 Å². The van der Waals surface area contributed by atoms with Gasteiger partial charge in [-0.05, 0) is 6.42 Å². The van der Waals surface area contributed by atoms with Crippen LogP contribution < -0.4 is 5.32 Å². The Labute approximate surface area is 116 Å². The molecule has 0 radical (unpaired) electrons. The van der Waals surface area contributed by atoms with Crippen molar-refractivity contribution in [3.05, 3.63) is 41.4 Å². The predicted octanol–water partition coefficient (Wildman–Crippen LogP) is 1.39. The Balaban J connectivity index is 2.00. The molecule has 0 amide bonds. The van der Waals surface area contributed by atoms with Crippen LogP contribution in [0.5, 0.6) is 0 Å². The highest BCUT2D eigenvalue weighted by Gasteiger charge is 2.19. The van der Waals surface area contributed by atoms with Crippen LogP contribution >= 0.6 is 11.3 Å². The van der Waals surface area contributed by atoms with E-state index in [9.17, 15) is 4.79 Å². The van der Waals surface area contributed by atoms with E-state index >= 15 is 0 Å². The van der Waals surface area contributed by atoms with Gasteiger partial charge in [-0.3, -0.25) is 0 Å². The Morgan fingerprint density at radius 2 is 2.16 bits per heavy atom. The fraction of sp³-hybridized carbons (Fsp3) is 0.286. The lowest BCUT2D eigenvalue weighted by molar-refractivity contribution is -0.652. The number of aliphatic carboxylic acids is 1. The van der Waals surface area contributed by atoms with Crippen molar-refractivity contribution < 1.29 is 15.2 Å². The molecule has 1 atom stereocenters. The minimum atomic E-state index is -0.763. The first kappa shape index (κ1) is 13.7. The summed E-state index contributed by atoms with van der Waals surface area (Å²) in [5, 5.41) is 13.7. The molecule has 5 heteroatoms. The highest BCUT2D eigenvalue weighted by molar-refractivity contribution is 7.13. The second kappa shape index (κ2) is 6.45. The number of hydrogen-bond acceptors (Lipinski definition) is 3.